The van der Waals surface area contributed by atoms with E-state index in [0.29, 0.717) is 22.1 Å². The fourth-order valence-electron chi connectivity index (χ4n) is 4.34. The standard InChI is InChI=1S/C36H32FN5O3S2/c1-23(33(43)41-36-40-32(22-46-36)25-11-13-27(37)14-12-25)47-30-19-15-28(16-20-30)38-35(45)31(39-34(44)26-7-5-4-6-8-26)21-24-9-17-29(18-10-24)42(2)3/h4-23H,1-3H3,(H,38,45)(H,39,44)(H,40,41,43)/b31-21-. The Morgan fingerprint density at radius 3 is 2.21 bits per heavy atom. The lowest BCUT2D eigenvalue weighted by Gasteiger charge is -2.14. The summed E-state index contributed by atoms with van der Waals surface area (Å²) in [6.45, 7) is 1.79. The van der Waals surface area contributed by atoms with E-state index < -0.39 is 17.1 Å². The lowest BCUT2D eigenvalue weighted by Crippen LogP contribution is -2.30. The van der Waals surface area contributed by atoms with E-state index in [9.17, 15) is 18.8 Å². The van der Waals surface area contributed by atoms with Gasteiger partial charge in [0.25, 0.3) is 11.8 Å². The monoisotopic (exact) mass is 665 g/mol. The van der Waals surface area contributed by atoms with Gasteiger partial charge in [0.2, 0.25) is 5.91 Å². The molecule has 0 fully saturated rings. The number of halogens is 1. The lowest BCUT2D eigenvalue weighted by molar-refractivity contribution is -0.115. The molecule has 0 aliphatic heterocycles. The molecule has 0 radical (unpaired) electrons. The van der Waals surface area contributed by atoms with Crippen molar-refractivity contribution in [1.29, 1.82) is 0 Å². The summed E-state index contributed by atoms with van der Waals surface area (Å²) >= 11 is 2.65. The van der Waals surface area contributed by atoms with Crippen molar-refractivity contribution in [3.8, 4) is 11.3 Å². The summed E-state index contributed by atoms with van der Waals surface area (Å²) < 4.78 is 13.2. The number of carbonyl (C=O) groups is 3. The molecule has 1 heterocycles. The summed E-state index contributed by atoms with van der Waals surface area (Å²) in [5, 5.41) is 10.3. The molecule has 8 nitrogen and oxygen atoms in total. The van der Waals surface area contributed by atoms with Gasteiger partial charge in [0.05, 0.1) is 10.9 Å². The van der Waals surface area contributed by atoms with Gasteiger partial charge in [-0.3, -0.25) is 14.4 Å². The summed E-state index contributed by atoms with van der Waals surface area (Å²) in [4.78, 5) is 46.5. The van der Waals surface area contributed by atoms with Crippen LogP contribution < -0.4 is 20.9 Å². The maximum atomic E-state index is 13.4. The number of rotatable bonds is 11. The van der Waals surface area contributed by atoms with Crippen LogP contribution in [0.5, 0.6) is 0 Å². The third kappa shape index (κ3) is 9.15. The molecule has 11 heteroatoms. The average molecular weight is 666 g/mol. The van der Waals surface area contributed by atoms with E-state index in [0.717, 1.165) is 21.7 Å². The topological polar surface area (TPSA) is 103 Å². The smallest absolute Gasteiger partial charge is 0.272 e. The van der Waals surface area contributed by atoms with Gasteiger partial charge < -0.3 is 20.9 Å². The number of nitrogens with zero attached hydrogens (tertiary/aromatic N) is 2. The van der Waals surface area contributed by atoms with Crippen molar-refractivity contribution >= 4 is 63.4 Å². The number of anilines is 3. The molecule has 3 amide bonds. The van der Waals surface area contributed by atoms with E-state index in [1.54, 1.807) is 61.5 Å². The van der Waals surface area contributed by atoms with Crippen molar-refractivity contribution in [3.63, 3.8) is 0 Å². The van der Waals surface area contributed by atoms with Crippen LogP contribution in [0.1, 0.15) is 22.8 Å². The molecule has 0 spiro atoms. The molecule has 0 saturated carbocycles. The quantitative estimate of drug-likeness (QED) is 0.0995. The minimum atomic E-state index is -0.484. The van der Waals surface area contributed by atoms with Gasteiger partial charge in [-0.05, 0) is 91.4 Å². The number of amides is 3. The van der Waals surface area contributed by atoms with Crippen molar-refractivity contribution in [2.75, 3.05) is 29.6 Å². The van der Waals surface area contributed by atoms with Crippen LogP contribution in [0, 0.1) is 5.82 Å². The molecular formula is C36H32FN5O3S2. The van der Waals surface area contributed by atoms with Crippen molar-refractivity contribution in [3.05, 3.63) is 131 Å². The molecule has 1 atom stereocenters. The van der Waals surface area contributed by atoms with Crippen LogP contribution in [0.2, 0.25) is 0 Å². The first-order chi connectivity index (χ1) is 22.6. The molecule has 5 aromatic rings. The fourth-order valence-corrected chi connectivity index (χ4v) is 5.93. The van der Waals surface area contributed by atoms with E-state index in [4.69, 9.17) is 0 Å². The van der Waals surface area contributed by atoms with Crippen LogP contribution in [0.15, 0.2) is 119 Å². The van der Waals surface area contributed by atoms with E-state index >= 15 is 0 Å². The third-order valence-corrected chi connectivity index (χ3v) is 8.79. The Morgan fingerprint density at radius 2 is 1.55 bits per heavy atom. The maximum absolute atomic E-state index is 13.4. The molecule has 47 heavy (non-hydrogen) atoms. The largest absolute Gasteiger partial charge is 0.378 e. The van der Waals surface area contributed by atoms with Crippen LogP contribution in [0.25, 0.3) is 17.3 Å². The first-order valence-electron chi connectivity index (χ1n) is 14.6. The van der Waals surface area contributed by atoms with Gasteiger partial charge in [0.15, 0.2) is 5.13 Å². The van der Waals surface area contributed by atoms with Gasteiger partial charge in [-0.25, -0.2) is 9.37 Å². The second-order valence-corrected chi connectivity index (χ2v) is 12.9. The summed E-state index contributed by atoms with van der Waals surface area (Å²) in [5.41, 5.74) is 4.21. The Hall–Kier alpha value is -5.26. The van der Waals surface area contributed by atoms with Crippen molar-refractivity contribution < 1.29 is 18.8 Å². The number of thioether (sulfide) groups is 1. The Morgan fingerprint density at radius 1 is 0.872 bits per heavy atom. The lowest BCUT2D eigenvalue weighted by atomic mass is 10.1. The van der Waals surface area contributed by atoms with Gasteiger partial charge in [0, 0.05) is 46.9 Å². The predicted octanol–water partition coefficient (Wildman–Crippen LogP) is 7.54. The minimum Gasteiger partial charge on any atom is -0.378 e. The van der Waals surface area contributed by atoms with E-state index in [-0.39, 0.29) is 17.4 Å². The van der Waals surface area contributed by atoms with E-state index in [1.807, 2.05) is 66.8 Å². The van der Waals surface area contributed by atoms with Gasteiger partial charge in [-0.2, -0.15) is 0 Å². The first kappa shape index (κ1) is 33.1. The zero-order valence-corrected chi connectivity index (χ0v) is 27.5. The molecule has 1 unspecified atom stereocenters. The molecule has 3 N–H and O–H groups in total. The number of hydrogen-bond acceptors (Lipinski definition) is 7. The highest BCUT2D eigenvalue weighted by Crippen LogP contribution is 2.28. The Balaban J connectivity index is 1.22. The molecule has 4 aromatic carbocycles. The number of carbonyl (C=O) groups excluding carboxylic acids is 3. The highest BCUT2D eigenvalue weighted by Gasteiger charge is 2.18. The summed E-state index contributed by atoms with van der Waals surface area (Å²) in [7, 11) is 3.89. The number of thiazole rings is 1. The van der Waals surface area contributed by atoms with Crippen LogP contribution in [-0.4, -0.2) is 42.1 Å². The molecule has 5 rings (SSSR count). The molecule has 238 valence electrons. The molecule has 0 aliphatic carbocycles. The molecule has 0 aliphatic rings. The Bertz CT molecular complexity index is 1880. The van der Waals surface area contributed by atoms with Crippen molar-refractivity contribution in [2.24, 2.45) is 0 Å². The number of aromatic nitrogens is 1. The van der Waals surface area contributed by atoms with Gasteiger partial charge in [-0.15, -0.1) is 23.1 Å². The normalized spacial score (nSPS) is 11.8. The van der Waals surface area contributed by atoms with Gasteiger partial charge in [0.1, 0.15) is 11.5 Å². The van der Waals surface area contributed by atoms with Crippen molar-refractivity contribution in [1.82, 2.24) is 10.3 Å². The van der Waals surface area contributed by atoms with Crippen LogP contribution >= 0.6 is 23.1 Å². The molecule has 1 aromatic heterocycles. The summed E-state index contributed by atoms with van der Waals surface area (Å²) in [5.74, 6) is -1.42. The number of nitrogens with one attached hydrogen (secondary N) is 3. The Labute approximate surface area is 280 Å². The first-order valence-corrected chi connectivity index (χ1v) is 16.4. The number of hydrogen-bond donors (Lipinski definition) is 3. The zero-order valence-electron chi connectivity index (χ0n) is 25.9. The van der Waals surface area contributed by atoms with E-state index in [1.165, 1.54) is 35.2 Å². The molecule has 0 bridgehead atoms. The van der Waals surface area contributed by atoms with Gasteiger partial charge >= 0.3 is 0 Å². The van der Waals surface area contributed by atoms with Crippen molar-refractivity contribution in [2.45, 2.75) is 17.1 Å². The fraction of sp³-hybridized carbons (Fsp3) is 0.111. The second-order valence-electron chi connectivity index (χ2n) is 10.6. The van der Waals surface area contributed by atoms with Crippen LogP contribution in [0.3, 0.4) is 0 Å². The zero-order chi connectivity index (χ0) is 33.3. The van der Waals surface area contributed by atoms with Crippen LogP contribution in [0.4, 0.5) is 20.9 Å². The molecular weight excluding hydrogens is 634 g/mol. The van der Waals surface area contributed by atoms with E-state index in [2.05, 4.69) is 20.9 Å². The molecule has 0 saturated heterocycles. The predicted molar refractivity (Wildman–Crippen MR) is 189 cm³/mol. The minimum absolute atomic E-state index is 0.0879. The van der Waals surface area contributed by atoms with Gasteiger partial charge in [-0.1, -0.05) is 30.3 Å². The summed E-state index contributed by atoms with van der Waals surface area (Å²) in [6.07, 6.45) is 1.63. The SMILES string of the molecule is CC(Sc1ccc(NC(=O)/C(=C/c2ccc(N(C)C)cc2)NC(=O)c2ccccc2)cc1)C(=O)Nc1nc(-c2ccc(F)cc2)cs1. The average Bonchev–Trinajstić information content (AvgIpc) is 3.54. The highest BCUT2D eigenvalue weighted by atomic mass is 32.2. The maximum Gasteiger partial charge on any atom is 0.272 e. The third-order valence-electron chi connectivity index (χ3n) is 6.92. The highest BCUT2D eigenvalue weighted by molar-refractivity contribution is 8.00. The summed E-state index contributed by atoms with van der Waals surface area (Å²) in [6, 6.07) is 29.4. The second kappa shape index (κ2) is 15.4. The van der Waals surface area contributed by atoms with Crippen LogP contribution in [-0.2, 0) is 9.59 Å². The Kier molecular flexibility index (Phi) is 10.8. The number of benzene rings is 4.